The van der Waals surface area contributed by atoms with E-state index >= 15 is 0 Å². The molecule has 2 aromatic heterocycles. The zero-order chi connectivity index (χ0) is 27.3. The van der Waals surface area contributed by atoms with E-state index in [1.54, 1.807) is 0 Å². The van der Waals surface area contributed by atoms with Gasteiger partial charge in [0.25, 0.3) is 11.7 Å². The van der Waals surface area contributed by atoms with Crippen molar-refractivity contribution in [2.45, 2.75) is 72.7 Å². The van der Waals surface area contributed by atoms with Crippen molar-refractivity contribution in [3.8, 4) is 5.75 Å². The normalized spacial score (nSPS) is 11.2. The Morgan fingerprint density at radius 1 is 1.16 bits per heavy atom. The molecule has 3 rings (SSSR count). The molecule has 0 aliphatic heterocycles. The number of nitrogen functional groups attached to an aromatic ring is 2. The molecule has 1 aromatic carbocycles. The molecule has 0 spiro atoms. The maximum absolute atomic E-state index is 12.8. The van der Waals surface area contributed by atoms with Crippen LogP contribution < -0.4 is 50.1 Å². The third kappa shape index (κ3) is 7.59. The zero-order valence-electron chi connectivity index (χ0n) is 22.3. The van der Waals surface area contributed by atoms with E-state index in [0.29, 0.717) is 38.3 Å². The van der Waals surface area contributed by atoms with Gasteiger partial charge in [0.1, 0.15) is 17.9 Å². The van der Waals surface area contributed by atoms with Crippen LogP contribution in [-0.2, 0) is 29.2 Å². The topological polar surface area (TPSA) is 151 Å². The molecule has 0 aliphatic rings. The van der Waals surface area contributed by atoms with Crippen LogP contribution in [0.4, 0.5) is 11.6 Å². The number of aryl methyl sites for hydroxylation is 2. The van der Waals surface area contributed by atoms with Gasteiger partial charge in [0.15, 0.2) is 33.5 Å². The van der Waals surface area contributed by atoms with Crippen molar-refractivity contribution in [1.29, 1.82) is 0 Å². The molecule has 2 heterocycles. The Bertz CT molecular complexity index is 1310. The average Bonchev–Trinajstić information content (AvgIpc) is 3.13. The number of rotatable bonds is 10. The summed E-state index contributed by atoms with van der Waals surface area (Å²) in [6, 6.07) is 5.85. The molecule has 0 aliphatic carbocycles. The Kier molecular flexibility index (Phi) is 10.9. The molecular weight excluding hydrogens is 625 g/mol. The summed E-state index contributed by atoms with van der Waals surface area (Å²) >= 11 is 5.92. The monoisotopic (exact) mass is 659 g/mol. The number of benzene rings is 1. The summed E-state index contributed by atoms with van der Waals surface area (Å²) in [6.07, 6.45) is 0.841. The molecule has 0 radical (unpaired) electrons. The summed E-state index contributed by atoms with van der Waals surface area (Å²) in [5.41, 5.74) is 12.8. The van der Waals surface area contributed by atoms with Gasteiger partial charge in [-0.15, -0.1) is 0 Å². The molecule has 0 fully saturated rings. The van der Waals surface area contributed by atoms with Gasteiger partial charge in [0, 0.05) is 12.5 Å². The van der Waals surface area contributed by atoms with Crippen LogP contribution in [-0.4, -0.2) is 38.6 Å². The molecule has 0 atom stereocenters. The molecule has 5 N–H and O–H groups in total. The molecule has 0 bridgehead atoms. The molecule has 13 heteroatoms. The van der Waals surface area contributed by atoms with Crippen molar-refractivity contribution in [2.24, 2.45) is 0 Å². The summed E-state index contributed by atoms with van der Waals surface area (Å²) in [4.78, 5) is 32.5. The van der Waals surface area contributed by atoms with E-state index in [0.717, 1.165) is 16.9 Å². The molecular formula is C25H35ClIN7O4. The highest BCUT2D eigenvalue weighted by Crippen LogP contribution is 2.22. The lowest BCUT2D eigenvalue weighted by Gasteiger charge is -2.19. The Hall–Kier alpha value is -2.87. The average molecular weight is 660 g/mol. The summed E-state index contributed by atoms with van der Waals surface area (Å²) in [7, 11) is 0. The van der Waals surface area contributed by atoms with E-state index in [4.69, 9.17) is 32.5 Å². The van der Waals surface area contributed by atoms with E-state index in [-0.39, 0.29) is 59.0 Å². The second-order valence-electron chi connectivity index (χ2n) is 9.41. The fourth-order valence-electron chi connectivity index (χ4n) is 4.01. The lowest BCUT2D eigenvalue weighted by atomic mass is 10.2. The number of carbonyl (C=O) groups excluding carboxylic acids is 2. The lowest BCUT2D eigenvalue weighted by Crippen LogP contribution is -3.00. The quantitative estimate of drug-likeness (QED) is 0.119. The molecule has 3 aromatic rings. The highest BCUT2D eigenvalue weighted by Gasteiger charge is 2.25. The number of nitrogens with one attached hydrogen (secondary N) is 1. The Labute approximate surface area is 244 Å². The van der Waals surface area contributed by atoms with Crippen molar-refractivity contribution >= 4 is 46.1 Å². The van der Waals surface area contributed by atoms with Crippen LogP contribution in [0.15, 0.2) is 18.2 Å². The van der Waals surface area contributed by atoms with Crippen LogP contribution in [0.3, 0.4) is 0 Å². The summed E-state index contributed by atoms with van der Waals surface area (Å²) in [5, 5.41) is 2.78. The van der Waals surface area contributed by atoms with E-state index in [2.05, 4.69) is 24.4 Å². The third-order valence-electron chi connectivity index (χ3n) is 5.53. The second-order valence-corrected chi connectivity index (χ2v) is 9.77. The largest absolute Gasteiger partial charge is 1.00 e. The van der Waals surface area contributed by atoms with Gasteiger partial charge in [-0.25, -0.2) is 19.1 Å². The highest BCUT2D eigenvalue weighted by atomic mass is 127. The Morgan fingerprint density at radius 3 is 2.50 bits per heavy atom. The smallest absolute Gasteiger partial charge is 0.306 e. The lowest BCUT2D eigenvalue weighted by molar-refractivity contribution is -0.676. The van der Waals surface area contributed by atoms with Gasteiger partial charge < -0.3 is 50.2 Å². The fourth-order valence-corrected chi connectivity index (χ4v) is 4.14. The SMILES string of the molecule is CCn1c(CNC(=O)c2nc(Cl)c(N)nc2N)[n+](CC)c2ccc(OCCCC(=O)OC(C)(C)C)cc21.[I-]. The van der Waals surface area contributed by atoms with Gasteiger partial charge >= 0.3 is 5.97 Å². The van der Waals surface area contributed by atoms with Crippen molar-refractivity contribution in [3.63, 3.8) is 0 Å². The minimum absolute atomic E-state index is 0. The number of amides is 1. The molecule has 38 heavy (non-hydrogen) atoms. The van der Waals surface area contributed by atoms with Crippen molar-refractivity contribution in [2.75, 3.05) is 18.1 Å². The van der Waals surface area contributed by atoms with Crippen LogP contribution >= 0.6 is 11.6 Å². The molecule has 0 saturated heterocycles. The number of nitrogens with two attached hydrogens (primary N) is 2. The van der Waals surface area contributed by atoms with Crippen LogP contribution in [0.2, 0.25) is 5.15 Å². The number of ether oxygens (including phenoxy) is 2. The predicted molar refractivity (Wildman–Crippen MR) is 141 cm³/mol. The van der Waals surface area contributed by atoms with Crippen LogP contribution in [0.5, 0.6) is 5.75 Å². The molecule has 0 saturated carbocycles. The number of aromatic nitrogens is 4. The summed E-state index contributed by atoms with van der Waals surface area (Å²) in [6.45, 7) is 11.6. The highest BCUT2D eigenvalue weighted by molar-refractivity contribution is 6.31. The number of imidazole rings is 1. The number of hydrogen-bond acceptors (Lipinski definition) is 8. The molecule has 11 nitrogen and oxygen atoms in total. The maximum atomic E-state index is 12.8. The van der Waals surface area contributed by atoms with E-state index in [9.17, 15) is 9.59 Å². The number of halogens is 2. The summed E-state index contributed by atoms with van der Waals surface area (Å²) < 4.78 is 15.5. The molecule has 0 unspecified atom stereocenters. The van der Waals surface area contributed by atoms with Gasteiger partial charge in [-0.3, -0.25) is 9.59 Å². The first kappa shape index (κ1) is 31.3. The number of nitrogens with zero attached hydrogens (tertiary/aromatic N) is 4. The number of esters is 1. The maximum Gasteiger partial charge on any atom is 0.306 e. The number of hydrogen-bond donors (Lipinski definition) is 3. The van der Waals surface area contributed by atoms with Gasteiger partial charge in [-0.1, -0.05) is 11.6 Å². The predicted octanol–water partition coefficient (Wildman–Crippen LogP) is 0.0111. The number of fused-ring (bicyclic) bond motifs is 1. The van der Waals surface area contributed by atoms with Gasteiger partial charge in [-0.2, -0.15) is 0 Å². The van der Waals surface area contributed by atoms with Crippen molar-refractivity contribution in [3.05, 3.63) is 34.9 Å². The first-order valence-corrected chi connectivity index (χ1v) is 12.6. The van der Waals surface area contributed by atoms with Crippen LogP contribution in [0, 0.1) is 0 Å². The van der Waals surface area contributed by atoms with E-state index in [1.807, 2.05) is 52.8 Å². The zero-order valence-corrected chi connectivity index (χ0v) is 25.2. The standard InChI is InChI=1S/C25H34ClN7O4.HI/c1-6-32-16-11-10-15(36-12-8-9-19(34)37-25(3,4)5)13-17(16)33(7-2)18(32)14-29-24(35)20-22(27)31-23(28)21(26)30-20;/h10-11,13H,6-9,12,14H2,1-5H3,(H4-,27,28,29,31,35);1H. The Morgan fingerprint density at radius 2 is 1.87 bits per heavy atom. The van der Waals surface area contributed by atoms with Crippen LogP contribution in [0.1, 0.15) is 63.8 Å². The van der Waals surface area contributed by atoms with Crippen molar-refractivity contribution in [1.82, 2.24) is 19.9 Å². The van der Waals surface area contributed by atoms with E-state index in [1.165, 1.54) is 0 Å². The van der Waals surface area contributed by atoms with Crippen LogP contribution in [0.25, 0.3) is 11.0 Å². The van der Waals surface area contributed by atoms with Gasteiger partial charge in [-0.05, 0) is 53.2 Å². The third-order valence-corrected chi connectivity index (χ3v) is 5.80. The van der Waals surface area contributed by atoms with Crippen molar-refractivity contribution < 1.29 is 47.6 Å². The number of carbonyl (C=O) groups is 2. The second kappa shape index (κ2) is 13.3. The fraction of sp³-hybridized carbons (Fsp3) is 0.480. The molecule has 208 valence electrons. The number of anilines is 2. The van der Waals surface area contributed by atoms with Gasteiger partial charge in [0.2, 0.25) is 0 Å². The van der Waals surface area contributed by atoms with Gasteiger partial charge in [0.05, 0.1) is 19.7 Å². The van der Waals surface area contributed by atoms with E-state index < -0.39 is 11.5 Å². The molecule has 1 amide bonds. The Balaban J connectivity index is 0.00000507. The minimum atomic E-state index is -0.503. The first-order chi connectivity index (χ1) is 17.4. The first-order valence-electron chi connectivity index (χ1n) is 12.2. The minimum Gasteiger partial charge on any atom is -1.00 e. The summed E-state index contributed by atoms with van der Waals surface area (Å²) in [5.74, 6) is 0.721.